The van der Waals surface area contributed by atoms with Crippen LogP contribution in [-0.2, 0) is 14.6 Å². The van der Waals surface area contributed by atoms with E-state index in [0.717, 1.165) is 0 Å². The van der Waals surface area contributed by atoms with E-state index in [2.05, 4.69) is 0 Å². The highest BCUT2D eigenvalue weighted by atomic mass is 32.2. The van der Waals surface area contributed by atoms with Gasteiger partial charge >= 0.3 is 0 Å². The number of sulfone groups is 1. The number of aliphatic hydroxyl groups excluding tert-OH is 1. The molecule has 5 heteroatoms. The molecule has 4 nitrogen and oxygen atoms in total. The van der Waals surface area contributed by atoms with E-state index in [1.165, 1.54) is 6.26 Å². The maximum Gasteiger partial charge on any atom is 0.147 e. The molecule has 0 aromatic carbocycles. The Bertz CT molecular complexity index is 235. The molecule has 0 rings (SSSR count). The smallest absolute Gasteiger partial charge is 0.147 e. The van der Waals surface area contributed by atoms with E-state index in [-0.39, 0.29) is 11.9 Å². The zero-order chi connectivity index (χ0) is 11.2. The average Bonchev–Trinajstić information content (AvgIpc) is 2.01. The number of rotatable bonds is 7. The molecule has 0 bridgehead atoms. The van der Waals surface area contributed by atoms with Gasteiger partial charge in [0.1, 0.15) is 9.84 Å². The summed E-state index contributed by atoms with van der Waals surface area (Å²) in [5.41, 5.74) is 0. The highest BCUT2D eigenvalue weighted by molar-refractivity contribution is 7.90. The van der Waals surface area contributed by atoms with Gasteiger partial charge in [0.15, 0.2) is 0 Å². The lowest BCUT2D eigenvalue weighted by molar-refractivity contribution is 0.0527. The predicted octanol–water partition coefficient (Wildman–Crippen LogP) is 0.597. The lowest BCUT2D eigenvalue weighted by Gasteiger charge is -2.14. The molecule has 1 N–H and O–H groups in total. The van der Waals surface area contributed by atoms with E-state index in [1.54, 1.807) is 7.11 Å². The van der Waals surface area contributed by atoms with Crippen molar-refractivity contribution >= 4 is 9.84 Å². The van der Waals surface area contributed by atoms with Crippen LogP contribution in [-0.4, -0.2) is 44.9 Å². The Balaban J connectivity index is 3.59. The first-order chi connectivity index (χ1) is 6.35. The second kappa shape index (κ2) is 6.37. The van der Waals surface area contributed by atoms with Crippen LogP contribution in [0.15, 0.2) is 0 Å². The minimum Gasteiger partial charge on any atom is -0.393 e. The Morgan fingerprint density at radius 3 is 2.43 bits per heavy atom. The van der Waals surface area contributed by atoms with Crippen LogP contribution in [0, 0.1) is 0 Å². The average molecular weight is 224 g/mol. The van der Waals surface area contributed by atoms with Crippen LogP contribution in [0.4, 0.5) is 0 Å². The zero-order valence-corrected chi connectivity index (χ0v) is 9.88. The third-order valence-corrected chi connectivity index (χ3v) is 3.09. The van der Waals surface area contributed by atoms with Gasteiger partial charge < -0.3 is 9.84 Å². The Labute approximate surface area is 86.2 Å². The van der Waals surface area contributed by atoms with Gasteiger partial charge in [-0.05, 0) is 26.2 Å². The van der Waals surface area contributed by atoms with Crippen LogP contribution < -0.4 is 0 Å². The number of hydrogen-bond acceptors (Lipinski definition) is 4. The Morgan fingerprint density at radius 1 is 1.43 bits per heavy atom. The van der Waals surface area contributed by atoms with Gasteiger partial charge in [0, 0.05) is 19.1 Å². The van der Waals surface area contributed by atoms with Crippen molar-refractivity contribution in [3.05, 3.63) is 0 Å². The van der Waals surface area contributed by atoms with E-state index in [0.29, 0.717) is 19.3 Å². The Hall–Kier alpha value is -0.130. The zero-order valence-electron chi connectivity index (χ0n) is 9.06. The highest BCUT2D eigenvalue weighted by Gasteiger charge is 2.10. The van der Waals surface area contributed by atoms with Crippen molar-refractivity contribution in [2.45, 2.75) is 38.4 Å². The summed E-state index contributed by atoms with van der Waals surface area (Å²) < 4.78 is 26.6. The third kappa shape index (κ3) is 8.47. The minimum atomic E-state index is -2.90. The number of aliphatic hydroxyl groups is 1. The molecule has 14 heavy (non-hydrogen) atoms. The summed E-state index contributed by atoms with van der Waals surface area (Å²) in [6, 6.07) is 0. The Morgan fingerprint density at radius 2 is 2.00 bits per heavy atom. The molecule has 0 aromatic heterocycles. The van der Waals surface area contributed by atoms with Gasteiger partial charge in [-0.2, -0.15) is 0 Å². The summed E-state index contributed by atoms with van der Waals surface area (Å²) in [5.74, 6) is 0.144. The molecule has 0 heterocycles. The van der Waals surface area contributed by atoms with E-state index < -0.39 is 15.9 Å². The second-order valence-corrected chi connectivity index (χ2v) is 5.97. The molecule has 0 amide bonds. The molecule has 0 spiro atoms. The summed E-state index contributed by atoms with van der Waals surface area (Å²) in [6.07, 6.45) is 2.34. The maximum absolute atomic E-state index is 10.8. The summed E-state index contributed by atoms with van der Waals surface area (Å²) in [5, 5.41) is 9.47. The van der Waals surface area contributed by atoms with Crippen LogP contribution in [0.25, 0.3) is 0 Å². The van der Waals surface area contributed by atoms with Crippen LogP contribution in [0.3, 0.4) is 0 Å². The van der Waals surface area contributed by atoms with E-state index in [1.807, 2.05) is 6.92 Å². The van der Waals surface area contributed by atoms with E-state index >= 15 is 0 Å². The van der Waals surface area contributed by atoms with Crippen molar-refractivity contribution < 1.29 is 18.3 Å². The maximum atomic E-state index is 10.8. The predicted molar refractivity (Wildman–Crippen MR) is 56.0 cm³/mol. The normalized spacial score (nSPS) is 16.6. The third-order valence-electron chi connectivity index (χ3n) is 2.06. The molecule has 0 radical (unpaired) electrons. The van der Waals surface area contributed by atoms with Crippen molar-refractivity contribution in [3.8, 4) is 0 Å². The first-order valence-corrected chi connectivity index (χ1v) is 6.80. The molecule has 86 valence electrons. The number of ether oxygens (including phenoxy) is 1. The molecule has 2 atom stereocenters. The van der Waals surface area contributed by atoms with Crippen molar-refractivity contribution in [2.75, 3.05) is 19.1 Å². The summed E-state index contributed by atoms with van der Waals surface area (Å²) in [6.45, 7) is 1.87. The minimum absolute atomic E-state index is 0.0169. The first-order valence-electron chi connectivity index (χ1n) is 4.73. The van der Waals surface area contributed by atoms with E-state index in [9.17, 15) is 13.5 Å². The molecular weight excluding hydrogens is 204 g/mol. The van der Waals surface area contributed by atoms with Crippen LogP contribution >= 0.6 is 0 Å². The topological polar surface area (TPSA) is 63.6 Å². The van der Waals surface area contributed by atoms with Gasteiger partial charge in [-0.3, -0.25) is 0 Å². The largest absolute Gasteiger partial charge is 0.393 e. The lowest BCUT2D eigenvalue weighted by Crippen LogP contribution is -2.17. The summed E-state index contributed by atoms with van der Waals surface area (Å²) in [7, 11) is -1.31. The molecule has 0 aliphatic rings. The molecule has 2 unspecified atom stereocenters. The number of hydrogen-bond donors (Lipinski definition) is 1. The SMILES string of the molecule is COC(C)CC(O)CCCS(C)(=O)=O. The first kappa shape index (κ1) is 13.9. The van der Waals surface area contributed by atoms with Crippen molar-refractivity contribution in [2.24, 2.45) is 0 Å². The van der Waals surface area contributed by atoms with Crippen LogP contribution in [0.5, 0.6) is 0 Å². The lowest BCUT2D eigenvalue weighted by atomic mass is 10.1. The van der Waals surface area contributed by atoms with E-state index in [4.69, 9.17) is 4.74 Å². The van der Waals surface area contributed by atoms with Crippen molar-refractivity contribution in [1.29, 1.82) is 0 Å². The fraction of sp³-hybridized carbons (Fsp3) is 1.00. The van der Waals surface area contributed by atoms with Gasteiger partial charge in [0.2, 0.25) is 0 Å². The summed E-state index contributed by atoms with van der Waals surface area (Å²) >= 11 is 0. The molecular formula is C9H20O4S. The van der Waals surface area contributed by atoms with Gasteiger partial charge in [-0.25, -0.2) is 8.42 Å². The molecule has 0 aromatic rings. The molecule has 0 aliphatic carbocycles. The van der Waals surface area contributed by atoms with Crippen molar-refractivity contribution in [3.63, 3.8) is 0 Å². The Kier molecular flexibility index (Phi) is 6.31. The quantitative estimate of drug-likeness (QED) is 0.687. The van der Waals surface area contributed by atoms with Gasteiger partial charge in [0.05, 0.1) is 12.2 Å². The van der Waals surface area contributed by atoms with Gasteiger partial charge in [-0.15, -0.1) is 0 Å². The van der Waals surface area contributed by atoms with Crippen LogP contribution in [0.1, 0.15) is 26.2 Å². The summed E-state index contributed by atoms with van der Waals surface area (Å²) in [4.78, 5) is 0. The van der Waals surface area contributed by atoms with Gasteiger partial charge in [0.25, 0.3) is 0 Å². The molecule has 0 saturated carbocycles. The molecule has 0 aliphatic heterocycles. The second-order valence-electron chi connectivity index (χ2n) is 3.71. The van der Waals surface area contributed by atoms with Crippen molar-refractivity contribution in [1.82, 2.24) is 0 Å². The van der Waals surface area contributed by atoms with Crippen LogP contribution in [0.2, 0.25) is 0 Å². The number of methoxy groups -OCH3 is 1. The fourth-order valence-electron chi connectivity index (χ4n) is 1.18. The standard InChI is InChI=1S/C9H20O4S/c1-8(13-2)7-9(10)5-4-6-14(3,11)12/h8-10H,4-7H2,1-3H3. The molecule has 0 fully saturated rings. The van der Waals surface area contributed by atoms with Gasteiger partial charge in [-0.1, -0.05) is 0 Å². The monoisotopic (exact) mass is 224 g/mol. The molecule has 0 saturated heterocycles. The highest BCUT2D eigenvalue weighted by Crippen LogP contribution is 2.07. The fourth-order valence-corrected chi connectivity index (χ4v) is 1.87.